The van der Waals surface area contributed by atoms with Crippen LogP contribution in [0, 0.1) is 0 Å². The number of ether oxygens (including phenoxy) is 1. The lowest BCUT2D eigenvalue weighted by Gasteiger charge is -2.17. The predicted octanol–water partition coefficient (Wildman–Crippen LogP) is 3.67. The second kappa shape index (κ2) is 5.69. The number of pyridine rings is 1. The number of alkyl halides is 7. The van der Waals surface area contributed by atoms with Crippen molar-refractivity contribution in [2.24, 2.45) is 0 Å². The molecule has 4 nitrogen and oxygen atoms in total. The Morgan fingerprint density at radius 3 is 2.05 bits per heavy atom. The van der Waals surface area contributed by atoms with Crippen LogP contribution in [0.3, 0.4) is 0 Å². The fourth-order valence-corrected chi connectivity index (χ4v) is 2.19. The minimum Gasteiger partial charge on any atom is -0.387 e. The maximum Gasteiger partial charge on any atom is 0.574 e. The number of hydrogen-bond acceptors (Lipinski definition) is 4. The van der Waals surface area contributed by atoms with Gasteiger partial charge in [0.2, 0.25) is 5.88 Å². The molecule has 0 saturated carbocycles. The summed E-state index contributed by atoms with van der Waals surface area (Å²) in [6, 6.07) is 0.321. The molecule has 1 aromatic heterocycles. The molecule has 21 heavy (non-hydrogen) atoms. The van der Waals surface area contributed by atoms with E-state index in [9.17, 15) is 34.8 Å². The first-order valence-corrected chi connectivity index (χ1v) is 7.47. The number of aromatic nitrogens is 1. The van der Waals surface area contributed by atoms with Gasteiger partial charge in [0.1, 0.15) is 5.56 Å². The summed E-state index contributed by atoms with van der Waals surface area (Å²) in [5.74, 6) is -2.93. The summed E-state index contributed by atoms with van der Waals surface area (Å²) in [5.41, 5.74) is -2.91. The van der Waals surface area contributed by atoms with Gasteiger partial charge in [-0.3, -0.25) is 0 Å². The van der Waals surface area contributed by atoms with Gasteiger partial charge in [-0.15, -0.1) is 24.8 Å². The number of hydrogen-bond donors (Lipinski definition) is 0. The van der Waals surface area contributed by atoms with Crippen molar-refractivity contribution in [3.63, 3.8) is 0 Å². The molecule has 0 fully saturated rings. The summed E-state index contributed by atoms with van der Waals surface area (Å²) < 4.78 is 99.9. The van der Waals surface area contributed by atoms with Crippen LogP contribution in [-0.4, -0.2) is 19.8 Å². The highest BCUT2D eigenvalue weighted by Crippen LogP contribution is 2.41. The molecule has 1 heterocycles. The van der Waals surface area contributed by atoms with Crippen LogP contribution in [0.2, 0.25) is 0 Å². The van der Waals surface area contributed by atoms with Gasteiger partial charge in [-0.2, -0.15) is 18.2 Å². The minimum absolute atomic E-state index is 0.321. The van der Waals surface area contributed by atoms with Crippen LogP contribution < -0.4 is 4.74 Å². The maximum atomic E-state index is 12.8. The predicted molar refractivity (Wildman–Crippen MR) is 58.5 cm³/mol. The SMILES string of the molecule is O=S(=O)(Cl)c1cc(CCl)c(C(F)(F)F)c(OC(F)(F)F)n1. The molecule has 1 rings (SSSR count). The molecule has 0 aliphatic carbocycles. The zero-order valence-electron chi connectivity index (χ0n) is 9.39. The van der Waals surface area contributed by atoms with E-state index in [1.807, 2.05) is 0 Å². The number of halogens is 8. The zero-order chi connectivity index (χ0) is 16.6. The Morgan fingerprint density at radius 2 is 1.71 bits per heavy atom. The van der Waals surface area contributed by atoms with E-state index in [4.69, 9.17) is 22.3 Å². The minimum atomic E-state index is -5.52. The molecule has 0 aliphatic heterocycles. The lowest BCUT2D eigenvalue weighted by atomic mass is 10.1. The van der Waals surface area contributed by atoms with Crippen molar-refractivity contribution >= 4 is 31.3 Å². The van der Waals surface area contributed by atoms with Gasteiger partial charge in [-0.1, -0.05) is 0 Å². The van der Waals surface area contributed by atoms with E-state index in [1.165, 1.54) is 0 Å². The quantitative estimate of drug-likeness (QED) is 0.458. The highest BCUT2D eigenvalue weighted by Gasteiger charge is 2.43. The van der Waals surface area contributed by atoms with Crippen molar-refractivity contribution in [2.75, 3.05) is 0 Å². The molecule has 0 amide bonds. The lowest BCUT2D eigenvalue weighted by molar-refractivity contribution is -0.278. The first-order valence-electron chi connectivity index (χ1n) is 4.63. The Kier molecular flexibility index (Phi) is 4.91. The van der Waals surface area contributed by atoms with Crippen molar-refractivity contribution in [1.82, 2.24) is 4.98 Å². The summed E-state index contributed by atoms with van der Waals surface area (Å²) in [7, 11) is 0.158. The molecular weight excluding hydrogens is 375 g/mol. The van der Waals surface area contributed by atoms with Crippen LogP contribution in [0.5, 0.6) is 5.88 Å². The highest BCUT2D eigenvalue weighted by molar-refractivity contribution is 8.13. The fraction of sp³-hybridized carbons (Fsp3) is 0.375. The third kappa shape index (κ3) is 4.78. The van der Waals surface area contributed by atoms with E-state index >= 15 is 0 Å². The molecular formula is C8H3Cl2F6NO3S. The van der Waals surface area contributed by atoms with Gasteiger partial charge >= 0.3 is 12.5 Å². The number of nitrogens with zero attached hydrogens (tertiary/aromatic N) is 1. The standard InChI is InChI=1S/C8H3Cl2F6NO3S/c9-2-3-1-4(21(10,18)19)17-6(20-8(14,15)16)5(3)7(11,12)13/h1H,2H2. The first-order chi connectivity index (χ1) is 9.25. The highest BCUT2D eigenvalue weighted by atomic mass is 35.7. The Balaban J connectivity index is 3.69. The average molecular weight is 378 g/mol. The molecule has 0 bridgehead atoms. The largest absolute Gasteiger partial charge is 0.574 e. The summed E-state index contributed by atoms with van der Waals surface area (Å²) in [4.78, 5) is 2.66. The number of rotatable bonds is 3. The van der Waals surface area contributed by atoms with Crippen LogP contribution in [-0.2, 0) is 21.1 Å². The molecule has 1 aromatic rings. The van der Waals surface area contributed by atoms with Gasteiger partial charge in [0.15, 0.2) is 5.03 Å². The fourth-order valence-electron chi connectivity index (χ4n) is 1.26. The molecule has 0 aliphatic rings. The Morgan fingerprint density at radius 1 is 1.19 bits per heavy atom. The molecule has 0 atom stereocenters. The Labute approximate surface area is 123 Å². The van der Waals surface area contributed by atoms with Crippen molar-refractivity contribution in [1.29, 1.82) is 0 Å². The van der Waals surface area contributed by atoms with Gasteiger partial charge < -0.3 is 4.74 Å². The summed E-state index contributed by atoms with van der Waals surface area (Å²) in [6.07, 6.45) is -10.8. The second-order valence-electron chi connectivity index (χ2n) is 3.42. The van der Waals surface area contributed by atoms with Gasteiger partial charge in [0.25, 0.3) is 9.05 Å². The normalized spacial score (nSPS) is 13.3. The molecule has 13 heteroatoms. The van der Waals surface area contributed by atoms with Crippen LogP contribution in [0.25, 0.3) is 0 Å². The molecule has 0 saturated heterocycles. The lowest BCUT2D eigenvalue weighted by Crippen LogP contribution is -2.23. The van der Waals surface area contributed by atoms with E-state index in [0.29, 0.717) is 6.07 Å². The van der Waals surface area contributed by atoms with Crippen molar-refractivity contribution < 1.29 is 39.5 Å². The van der Waals surface area contributed by atoms with Gasteiger partial charge in [-0.05, 0) is 11.6 Å². The van der Waals surface area contributed by atoms with Crippen molar-refractivity contribution in [3.8, 4) is 5.88 Å². The maximum absolute atomic E-state index is 12.8. The third-order valence-electron chi connectivity index (χ3n) is 1.93. The topological polar surface area (TPSA) is 56.3 Å². The van der Waals surface area contributed by atoms with Crippen LogP contribution in [0.1, 0.15) is 11.1 Å². The summed E-state index contributed by atoms with van der Waals surface area (Å²) in [6.45, 7) is 0. The molecule has 0 N–H and O–H groups in total. The van der Waals surface area contributed by atoms with Crippen LogP contribution >= 0.6 is 22.3 Å². The van der Waals surface area contributed by atoms with Gasteiger partial charge in [-0.25, -0.2) is 8.42 Å². The molecule has 0 aromatic carbocycles. The third-order valence-corrected chi connectivity index (χ3v) is 3.41. The van der Waals surface area contributed by atoms with E-state index in [-0.39, 0.29) is 0 Å². The smallest absolute Gasteiger partial charge is 0.387 e. The monoisotopic (exact) mass is 377 g/mol. The van der Waals surface area contributed by atoms with Crippen LogP contribution in [0.4, 0.5) is 26.3 Å². The zero-order valence-corrected chi connectivity index (χ0v) is 11.7. The second-order valence-corrected chi connectivity index (χ2v) is 6.20. The van der Waals surface area contributed by atoms with Gasteiger partial charge in [0, 0.05) is 16.6 Å². The summed E-state index contributed by atoms with van der Waals surface area (Å²) in [5, 5.41) is -1.24. The van der Waals surface area contributed by atoms with E-state index in [2.05, 4.69) is 9.72 Å². The van der Waals surface area contributed by atoms with Crippen LogP contribution in [0.15, 0.2) is 11.1 Å². The first kappa shape index (κ1) is 18.1. The van der Waals surface area contributed by atoms with Crippen molar-refractivity contribution in [2.45, 2.75) is 23.4 Å². The molecule has 0 unspecified atom stereocenters. The van der Waals surface area contributed by atoms with Gasteiger partial charge in [0.05, 0.1) is 0 Å². The average Bonchev–Trinajstić information content (AvgIpc) is 2.22. The van der Waals surface area contributed by atoms with E-state index < -0.39 is 49.5 Å². The molecule has 120 valence electrons. The Hall–Kier alpha value is -0.940. The van der Waals surface area contributed by atoms with Crippen molar-refractivity contribution in [3.05, 3.63) is 17.2 Å². The molecule has 0 spiro atoms. The Bertz CT molecular complexity index is 643. The van der Waals surface area contributed by atoms with E-state index in [0.717, 1.165) is 0 Å². The van der Waals surface area contributed by atoms with E-state index in [1.54, 1.807) is 0 Å². The summed E-state index contributed by atoms with van der Waals surface area (Å²) >= 11 is 5.20. The molecule has 0 radical (unpaired) electrons.